The van der Waals surface area contributed by atoms with Gasteiger partial charge in [-0.25, -0.2) is 0 Å². The minimum atomic E-state index is 0.924. The van der Waals surface area contributed by atoms with Gasteiger partial charge in [-0.05, 0) is 0 Å². The number of rotatable bonds is 4. The summed E-state index contributed by atoms with van der Waals surface area (Å²) in [4.78, 5) is 0. The second kappa shape index (κ2) is 5.82. The Kier molecular flexibility index (Phi) is 4.71. The molecule has 0 aliphatic rings. The Labute approximate surface area is 102 Å². The third-order valence-corrected chi connectivity index (χ3v) is 2.68. The van der Waals surface area contributed by atoms with Crippen LogP contribution >= 0.6 is 0 Å². The first-order chi connectivity index (χ1) is 7.22. The van der Waals surface area contributed by atoms with E-state index in [1.54, 1.807) is 7.11 Å². The average molecular weight is 370 g/mol. The second-order valence-electron chi connectivity index (χ2n) is 3.15. The van der Waals surface area contributed by atoms with Crippen molar-refractivity contribution in [3.8, 4) is 5.75 Å². The Bertz CT molecular complexity index is 405. The molecule has 0 aromatic heterocycles. The van der Waals surface area contributed by atoms with E-state index in [9.17, 15) is 0 Å². The van der Waals surface area contributed by atoms with Crippen LogP contribution in [0.5, 0.6) is 5.75 Å². The van der Waals surface area contributed by atoms with E-state index in [1.165, 1.54) is 24.9 Å². The van der Waals surface area contributed by atoms with Crippen LogP contribution in [0, 0.1) is 6.92 Å². The van der Waals surface area contributed by atoms with Gasteiger partial charge in [-0.15, -0.1) is 0 Å². The summed E-state index contributed by atoms with van der Waals surface area (Å²) in [5.74, 6) is 0.924. The van der Waals surface area contributed by atoms with Crippen LogP contribution in [0.4, 0.5) is 0 Å². The number of allylic oxidation sites excluding steroid dienone is 3. The van der Waals surface area contributed by atoms with Crippen LogP contribution in [-0.4, -0.2) is 11.5 Å². The van der Waals surface area contributed by atoms with Gasteiger partial charge in [0.05, 0.1) is 0 Å². The summed E-state index contributed by atoms with van der Waals surface area (Å²) in [6.07, 6.45) is 3.96. The van der Waals surface area contributed by atoms with Gasteiger partial charge in [-0.3, -0.25) is 0 Å². The quantitative estimate of drug-likeness (QED) is 0.741. The molecule has 1 nitrogen and oxygen atoms in total. The van der Waals surface area contributed by atoms with Crippen LogP contribution in [0.2, 0.25) is 0 Å². The van der Waals surface area contributed by atoms with Crippen molar-refractivity contribution < 1.29 is 24.1 Å². The topological polar surface area (TPSA) is 9.23 Å². The molecule has 1 aromatic rings. The van der Waals surface area contributed by atoms with E-state index in [0.29, 0.717) is 0 Å². The molecule has 2 heteroatoms. The zero-order chi connectivity index (χ0) is 11.3. The molecule has 0 aliphatic carbocycles. The number of aryl methyl sites for hydroxylation is 1. The Hall–Kier alpha value is -0.942. The fourth-order valence-electron chi connectivity index (χ4n) is 1.41. The van der Waals surface area contributed by atoms with E-state index in [1.807, 2.05) is 19.1 Å². The van der Waals surface area contributed by atoms with Crippen LogP contribution < -0.4 is 4.74 Å². The van der Waals surface area contributed by atoms with Gasteiger partial charge in [0.1, 0.15) is 0 Å². The standard InChI is InChI=1S/C13H14O.W/c1-5-11(6-2)12-7-8-13(14-4)10(3)9-12;/h1,5-9H,2H2,3-4H3;/b11-5+;. The number of benzene rings is 1. The van der Waals surface area contributed by atoms with E-state index in [2.05, 4.69) is 29.2 Å². The van der Waals surface area contributed by atoms with Crippen LogP contribution in [0.25, 0.3) is 5.57 Å². The van der Waals surface area contributed by atoms with E-state index < -0.39 is 0 Å². The SMILES string of the molecule is C=C/C(=C\[CH]=[W])c1ccc(OC)c(C)c1. The first kappa shape index (κ1) is 12.1. The molecular formula is C13H14OW. The summed E-state index contributed by atoms with van der Waals surface area (Å²) in [6, 6.07) is 6.16. The molecule has 0 bridgehead atoms. The van der Waals surface area contributed by atoms with E-state index in [0.717, 1.165) is 16.9 Å². The summed E-state index contributed by atoms with van der Waals surface area (Å²) < 4.78 is 7.32. The van der Waals surface area contributed by atoms with Crippen LogP contribution in [0.15, 0.2) is 36.9 Å². The Balaban J connectivity index is 3.16. The molecule has 0 amide bonds. The van der Waals surface area contributed by atoms with Crippen molar-refractivity contribution in [3.63, 3.8) is 0 Å². The van der Waals surface area contributed by atoms with Gasteiger partial charge in [0.2, 0.25) is 0 Å². The molecule has 0 spiro atoms. The van der Waals surface area contributed by atoms with Crippen molar-refractivity contribution in [2.45, 2.75) is 6.92 Å². The predicted molar refractivity (Wildman–Crippen MR) is 62.0 cm³/mol. The van der Waals surface area contributed by atoms with Crippen LogP contribution in [0.1, 0.15) is 11.1 Å². The van der Waals surface area contributed by atoms with Gasteiger partial charge >= 0.3 is 102 Å². The summed E-state index contributed by atoms with van der Waals surface area (Å²) in [7, 11) is 1.69. The predicted octanol–water partition coefficient (Wildman–Crippen LogP) is 2.92. The third kappa shape index (κ3) is 3.00. The van der Waals surface area contributed by atoms with Gasteiger partial charge in [0.25, 0.3) is 0 Å². The maximum absolute atomic E-state index is 5.22. The van der Waals surface area contributed by atoms with E-state index in [4.69, 9.17) is 4.74 Å². The zero-order valence-corrected chi connectivity index (χ0v) is 11.9. The van der Waals surface area contributed by atoms with Crippen LogP contribution in [0.3, 0.4) is 0 Å². The summed E-state index contributed by atoms with van der Waals surface area (Å²) in [5, 5.41) is 0. The fraction of sp³-hybridized carbons (Fsp3) is 0.154. The van der Waals surface area contributed by atoms with E-state index >= 15 is 0 Å². The molecule has 0 aliphatic heterocycles. The van der Waals surface area contributed by atoms with Gasteiger partial charge in [0.15, 0.2) is 0 Å². The third-order valence-electron chi connectivity index (χ3n) is 2.20. The van der Waals surface area contributed by atoms with E-state index in [-0.39, 0.29) is 0 Å². The average Bonchev–Trinajstić information content (AvgIpc) is 2.25. The number of methoxy groups -OCH3 is 1. The summed E-state index contributed by atoms with van der Waals surface area (Å²) in [5.41, 5.74) is 3.47. The molecule has 0 saturated carbocycles. The van der Waals surface area contributed by atoms with Crippen molar-refractivity contribution in [1.82, 2.24) is 0 Å². The maximum atomic E-state index is 5.22. The minimum absolute atomic E-state index is 0.924. The number of ether oxygens (including phenoxy) is 1. The molecule has 0 unspecified atom stereocenters. The second-order valence-corrected chi connectivity index (χ2v) is 4.12. The zero-order valence-electron chi connectivity index (χ0n) is 8.99. The van der Waals surface area contributed by atoms with Crippen molar-refractivity contribution in [3.05, 3.63) is 48.1 Å². The van der Waals surface area contributed by atoms with Crippen molar-refractivity contribution in [2.75, 3.05) is 7.11 Å². The Morgan fingerprint density at radius 3 is 2.67 bits per heavy atom. The summed E-state index contributed by atoms with van der Waals surface area (Å²) in [6.45, 7) is 5.86. The molecule has 0 atom stereocenters. The molecule has 78 valence electrons. The molecule has 0 fully saturated rings. The van der Waals surface area contributed by atoms with Crippen molar-refractivity contribution in [2.24, 2.45) is 0 Å². The van der Waals surface area contributed by atoms with Gasteiger partial charge in [-0.2, -0.15) is 0 Å². The van der Waals surface area contributed by atoms with Crippen LogP contribution in [-0.2, 0) is 19.4 Å². The van der Waals surface area contributed by atoms with Crippen molar-refractivity contribution in [1.29, 1.82) is 0 Å². The molecule has 0 saturated heterocycles. The normalized spacial score (nSPS) is 10.9. The Morgan fingerprint density at radius 2 is 2.20 bits per heavy atom. The molecule has 1 rings (SSSR count). The molecule has 0 N–H and O–H groups in total. The monoisotopic (exact) mass is 370 g/mol. The van der Waals surface area contributed by atoms with Crippen molar-refractivity contribution >= 4 is 9.97 Å². The van der Waals surface area contributed by atoms with Gasteiger partial charge < -0.3 is 0 Å². The Morgan fingerprint density at radius 1 is 1.47 bits per heavy atom. The fourth-order valence-corrected chi connectivity index (χ4v) is 1.94. The molecule has 0 radical (unpaired) electrons. The van der Waals surface area contributed by atoms with Gasteiger partial charge in [0, 0.05) is 0 Å². The molecule has 0 heterocycles. The molecule has 1 aromatic carbocycles. The first-order valence-corrected chi connectivity index (χ1v) is 6.35. The summed E-state index contributed by atoms with van der Waals surface area (Å²) >= 11 is 1.44. The first-order valence-electron chi connectivity index (χ1n) is 4.66. The number of hydrogen-bond donors (Lipinski definition) is 0. The number of hydrogen-bond acceptors (Lipinski definition) is 1. The molecule has 15 heavy (non-hydrogen) atoms. The van der Waals surface area contributed by atoms with Gasteiger partial charge in [-0.1, -0.05) is 0 Å². The molecular weight excluding hydrogens is 356 g/mol.